The summed E-state index contributed by atoms with van der Waals surface area (Å²) in [6.07, 6.45) is 7.33. The second-order valence-electron chi connectivity index (χ2n) is 11.3. The topological polar surface area (TPSA) is 51.6 Å². The van der Waals surface area contributed by atoms with Gasteiger partial charge in [0.25, 0.3) is 0 Å². The molecule has 4 heterocycles. The van der Waals surface area contributed by atoms with Crippen LogP contribution in [0, 0.1) is 12.1 Å². The third kappa shape index (κ3) is 9.07. The van der Waals surface area contributed by atoms with E-state index < -0.39 is 0 Å². The van der Waals surface area contributed by atoms with Gasteiger partial charge in [-0.2, -0.15) is 0 Å². The molecule has 5 aromatic carbocycles. The van der Waals surface area contributed by atoms with Crippen LogP contribution in [0.15, 0.2) is 195 Å². The van der Waals surface area contributed by atoms with Crippen molar-refractivity contribution < 1.29 is 31.9 Å². The summed E-state index contributed by atoms with van der Waals surface area (Å²) < 4.78 is 0. The molecule has 0 unspecified atom stereocenters. The zero-order valence-corrected chi connectivity index (χ0v) is 30.4. The predicted molar refractivity (Wildman–Crippen MR) is 205 cm³/mol. The molecule has 0 saturated heterocycles. The Morgan fingerprint density at radius 3 is 1.12 bits per heavy atom. The van der Waals surface area contributed by atoms with Crippen molar-refractivity contribution in [1.29, 1.82) is 0 Å². The number of rotatable bonds is 4. The molecular weight excluding hydrogens is 747 g/mol. The van der Waals surface area contributed by atoms with E-state index in [1.807, 2.05) is 109 Å². The van der Waals surface area contributed by atoms with Crippen LogP contribution in [0.1, 0.15) is 0 Å². The third-order valence-corrected chi connectivity index (χ3v) is 8.09. The fourth-order valence-electron chi connectivity index (χ4n) is 5.72. The minimum Gasteiger partial charge on any atom is -1.00 e. The summed E-state index contributed by atoms with van der Waals surface area (Å²) in [6.45, 7) is 0. The van der Waals surface area contributed by atoms with Crippen LogP contribution in [-0.4, -0.2) is 19.9 Å². The summed E-state index contributed by atoms with van der Waals surface area (Å²) in [5.74, 6) is 0. The summed E-state index contributed by atoms with van der Waals surface area (Å²) in [4.78, 5) is 17.8. The molecule has 0 spiro atoms. The Balaban J connectivity index is 0.000000168. The molecule has 0 fully saturated rings. The number of nitrogens with zero attached hydrogens (tertiary/aromatic N) is 4. The van der Waals surface area contributed by atoms with Gasteiger partial charge in [-0.15, -0.1) is 71.8 Å². The smallest absolute Gasteiger partial charge is 1.00 e. The molecular formula is C46H32ClN4Rh. The van der Waals surface area contributed by atoms with Crippen molar-refractivity contribution in [3.05, 3.63) is 207 Å². The van der Waals surface area contributed by atoms with Crippen LogP contribution in [0.25, 0.3) is 66.6 Å². The van der Waals surface area contributed by atoms with Gasteiger partial charge in [0.1, 0.15) is 0 Å². The number of hydrogen-bond acceptors (Lipinski definition) is 4. The molecule has 0 N–H and O–H groups in total. The maximum Gasteiger partial charge on any atom is 3.00 e. The molecule has 4 nitrogen and oxygen atoms in total. The van der Waals surface area contributed by atoms with Crippen LogP contribution < -0.4 is 12.4 Å². The summed E-state index contributed by atoms with van der Waals surface area (Å²) in [5.41, 5.74) is 10.7. The van der Waals surface area contributed by atoms with Crippen LogP contribution in [-0.2, 0) is 19.5 Å². The molecule has 9 aromatic rings. The van der Waals surface area contributed by atoms with E-state index in [2.05, 4.69) is 105 Å². The van der Waals surface area contributed by atoms with Crippen molar-refractivity contribution in [1.82, 2.24) is 19.9 Å². The molecule has 52 heavy (non-hydrogen) atoms. The van der Waals surface area contributed by atoms with Crippen molar-refractivity contribution in [3.63, 3.8) is 0 Å². The number of aromatic nitrogens is 4. The van der Waals surface area contributed by atoms with Gasteiger partial charge in [0.05, 0.1) is 11.0 Å². The van der Waals surface area contributed by atoms with E-state index in [0.29, 0.717) is 0 Å². The SMILES string of the molecule is [Cl-].[Rh+3].[c-]1ccccc1-c1ccccn1.[c-]1ccccc1-c1ccccn1.c1ccc(-c2ccnc3c2ccc2c(-c4ccccc4)ccnc23)cc1. The first-order valence-corrected chi connectivity index (χ1v) is 16.4. The zero-order valence-electron chi connectivity index (χ0n) is 28.0. The Morgan fingerprint density at radius 2 is 0.750 bits per heavy atom. The predicted octanol–water partition coefficient (Wildman–Crippen LogP) is 8.22. The van der Waals surface area contributed by atoms with Gasteiger partial charge in [-0.3, -0.25) is 9.97 Å². The standard InChI is InChI=1S/C24H16N2.2C11H8N.ClH.Rh/c1-3-7-17(8-4-1)19-13-15-25-23-21(19)11-12-22-20(14-16-26-24(22)23)18-9-5-2-6-10-18;2*1-2-6-10(7-3-1)11-8-4-5-9-12-11;;/h1-16H;2*1-6,8-9H;1H;/q;2*-1;;+3/p-1. The van der Waals surface area contributed by atoms with E-state index in [0.717, 1.165) is 44.3 Å². The maximum atomic E-state index is 4.67. The van der Waals surface area contributed by atoms with Crippen molar-refractivity contribution in [2.24, 2.45) is 0 Å². The molecule has 9 rings (SSSR count). The summed E-state index contributed by atoms with van der Waals surface area (Å²) >= 11 is 0. The van der Waals surface area contributed by atoms with Gasteiger partial charge in [0.2, 0.25) is 0 Å². The van der Waals surface area contributed by atoms with Gasteiger partial charge in [-0.1, -0.05) is 97.1 Å². The van der Waals surface area contributed by atoms with Crippen molar-refractivity contribution in [2.45, 2.75) is 0 Å². The number of halogens is 1. The molecule has 0 aliphatic heterocycles. The van der Waals surface area contributed by atoms with E-state index in [-0.39, 0.29) is 31.9 Å². The Labute approximate surface area is 323 Å². The molecule has 0 bridgehead atoms. The molecule has 0 atom stereocenters. The van der Waals surface area contributed by atoms with Gasteiger partial charge >= 0.3 is 19.5 Å². The summed E-state index contributed by atoms with van der Waals surface area (Å²) in [6, 6.07) is 63.0. The molecule has 0 saturated carbocycles. The van der Waals surface area contributed by atoms with Gasteiger partial charge < -0.3 is 22.4 Å². The van der Waals surface area contributed by atoms with E-state index in [1.54, 1.807) is 12.4 Å². The number of benzene rings is 5. The zero-order chi connectivity index (χ0) is 33.8. The van der Waals surface area contributed by atoms with Crippen molar-refractivity contribution >= 4 is 21.8 Å². The minimum absolute atomic E-state index is 0. The van der Waals surface area contributed by atoms with Crippen LogP contribution in [0.2, 0.25) is 0 Å². The van der Waals surface area contributed by atoms with Crippen LogP contribution in [0.3, 0.4) is 0 Å². The van der Waals surface area contributed by atoms with E-state index in [1.165, 1.54) is 22.3 Å². The van der Waals surface area contributed by atoms with Crippen molar-refractivity contribution in [3.8, 4) is 44.8 Å². The molecule has 252 valence electrons. The average molecular weight is 779 g/mol. The summed E-state index contributed by atoms with van der Waals surface area (Å²) in [5, 5.41) is 2.26. The molecule has 0 radical (unpaired) electrons. The average Bonchev–Trinajstić information content (AvgIpc) is 3.23. The third-order valence-electron chi connectivity index (χ3n) is 8.09. The Kier molecular flexibility index (Phi) is 13.6. The number of fused-ring (bicyclic) bond motifs is 3. The molecule has 0 aliphatic rings. The molecule has 0 aliphatic carbocycles. The first-order chi connectivity index (χ1) is 24.8. The Bertz CT molecular complexity index is 2150. The molecule has 4 aromatic heterocycles. The van der Waals surface area contributed by atoms with Gasteiger partial charge in [0.15, 0.2) is 0 Å². The monoisotopic (exact) mass is 778 g/mol. The number of pyridine rings is 4. The Morgan fingerprint density at radius 1 is 0.346 bits per heavy atom. The van der Waals surface area contributed by atoms with E-state index in [4.69, 9.17) is 0 Å². The maximum absolute atomic E-state index is 4.67. The van der Waals surface area contributed by atoms with Gasteiger partial charge in [0, 0.05) is 35.6 Å². The molecule has 6 heteroatoms. The Hall–Kier alpha value is -5.87. The quantitative estimate of drug-likeness (QED) is 0.103. The van der Waals surface area contributed by atoms with Gasteiger partial charge in [-0.05, 0) is 57.9 Å². The van der Waals surface area contributed by atoms with Gasteiger partial charge in [-0.25, -0.2) is 0 Å². The fraction of sp³-hybridized carbons (Fsp3) is 0. The van der Waals surface area contributed by atoms with Crippen LogP contribution in [0.4, 0.5) is 0 Å². The second kappa shape index (κ2) is 18.9. The molecule has 0 amide bonds. The first kappa shape index (κ1) is 37.4. The van der Waals surface area contributed by atoms with Crippen LogP contribution in [0.5, 0.6) is 0 Å². The van der Waals surface area contributed by atoms with Crippen LogP contribution >= 0.6 is 0 Å². The number of hydrogen-bond donors (Lipinski definition) is 0. The van der Waals surface area contributed by atoms with Crippen molar-refractivity contribution in [2.75, 3.05) is 0 Å². The second-order valence-corrected chi connectivity index (χ2v) is 11.3. The minimum atomic E-state index is 0. The first-order valence-electron chi connectivity index (χ1n) is 16.4. The van der Waals surface area contributed by atoms with E-state index in [9.17, 15) is 0 Å². The fourth-order valence-corrected chi connectivity index (χ4v) is 5.72. The normalized spacial score (nSPS) is 10.0. The van der Waals surface area contributed by atoms with E-state index >= 15 is 0 Å². The largest absolute Gasteiger partial charge is 3.00 e. The summed E-state index contributed by atoms with van der Waals surface area (Å²) in [7, 11) is 0.